The van der Waals surface area contributed by atoms with Gasteiger partial charge in [-0.1, -0.05) is 18.2 Å². The number of hydrogen-bond acceptors (Lipinski definition) is 3. The van der Waals surface area contributed by atoms with Crippen molar-refractivity contribution in [3.63, 3.8) is 0 Å². The van der Waals surface area contributed by atoms with E-state index in [0.717, 1.165) is 49.2 Å². The third-order valence-corrected chi connectivity index (χ3v) is 5.48. The Balaban J connectivity index is 1.63. The highest BCUT2D eigenvalue weighted by Crippen LogP contribution is 2.39. The fraction of sp³-hybridized carbons (Fsp3) is 0.364. The zero-order chi connectivity index (χ0) is 18.8. The summed E-state index contributed by atoms with van der Waals surface area (Å²) in [5, 5.41) is 9.26. The highest BCUT2D eigenvalue weighted by Gasteiger charge is 2.26. The molecule has 1 saturated heterocycles. The summed E-state index contributed by atoms with van der Waals surface area (Å²) in [7, 11) is 0. The first kappa shape index (κ1) is 17.6. The molecular weight excluding hydrogens is 342 g/mol. The van der Waals surface area contributed by atoms with E-state index < -0.39 is 5.97 Å². The lowest BCUT2D eigenvalue weighted by molar-refractivity contribution is 0.0694. The van der Waals surface area contributed by atoms with Crippen LogP contribution < -0.4 is 4.74 Å². The van der Waals surface area contributed by atoms with Gasteiger partial charge in [-0.2, -0.15) is 0 Å². The number of likely N-dealkylation sites (tertiary alicyclic amines) is 1. The molecule has 1 N–H and O–H groups in total. The maximum Gasteiger partial charge on any atom is 0.335 e. The molecule has 0 saturated carbocycles. The van der Waals surface area contributed by atoms with Gasteiger partial charge in [0.1, 0.15) is 5.75 Å². The molecule has 0 aliphatic carbocycles. The molecule has 2 aromatic rings. The summed E-state index contributed by atoms with van der Waals surface area (Å²) < 4.78 is 5.84. The van der Waals surface area contributed by atoms with E-state index in [1.807, 2.05) is 29.2 Å². The fourth-order valence-electron chi connectivity index (χ4n) is 4.04. The predicted octanol–water partition coefficient (Wildman–Crippen LogP) is 3.93. The molecule has 4 rings (SSSR count). The van der Waals surface area contributed by atoms with E-state index >= 15 is 0 Å². The van der Waals surface area contributed by atoms with Gasteiger partial charge in [-0.05, 0) is 55.5 Å². The monoisotopic (exact) mass is 365 g/mol. The Morgan fingerprint density at radius 3 is 2.59 bits per heavy atom. The largest absolute Gasteiger partial charge is 0.493 e. The minimum Gasteiger partial charge on any atom is -0.493 e. The van der Waals surface area contributed by atoms with Crippen LogP contribution >= 0.6 is 0 Å². The number of piperidine rings is 1. The van der Waals surface area contributed by atoms with Gasteiger partial charge in [0.2, 0.25) is 0 Å². The summed E-state index contributed by atoms with van der Waals surface area (Å²) in [5.41, 5.74) is 2.93. The summed E-state index contributed by atoms with van der Waals surface area (Å²) in [6.45, 7) is 2.19. The number of benzene rings is 2. The number of amides is 1. The predicted molar refractivity (Wildman–Crippen MR) is 102 cm³/mol. The van der Waals surface area contributed by atoms with Crippen LogP contribution in [0.1, 0.15) is 63.4 Å². The molecule has 2 aromatic carbocycles. The molecule has 140 valence electrons. The molecule has 1 unspecified atom stereocenters. The van der Waals surface area contributed by atoms with Crippen LogP contribution in [0.25, 0.3) is 0 Å². The second kappa shape index (κ2) is 7.43. The highest BCUT2D eigenvalue weighted by molar-refractivity contribution is 5.95. The third-order valence-electron chi connectivity index (χ3n) is 5.48. The van der Waals surface area contributed by atoms with E-state index in [0.29, 0.717) is 12.2 Å². The molecule has 27 heavy (non-hydrogen) atoms. The molecule has 0 radical (unpaired) electrons. The van der Waals surface area contributed by atoms with E-state index in [1.165, 1.54) is 6.42 Å². The number of hydrogen-bond donors (Lipinski definition) is 1. The van der Waals surface area contributed by atoms with Gasteiger partial charge in [0.25, 0.3) is 5.91 Å². The van der Waals surface area contributed by atoms with Crippen molar-refractivity contribution in [1.82, 2.24) is 4.90 Å². The van der Waals surface area contributed by atoms with Crippen molar-refractivity contribution in [2.75, 3.05) is 19.7 Å². The quantitative estimate of drug-likeness (QED) is 0.895. The van der Waals surface area contributed by atoms with Crippen LogP contribution in [0.15, 0.2) is 42.5 Å². The molecule has 2 aliphatic rings. The maximum atomic E-state index is 12.8. The van der Waals surface area contributed by atoms with Crippen LogP contribution in [0, 0.1) is 0 Å². The van der Waals surface area contributed by atoms with Gasteiger partial charge in [0.05, 0.1) is 12.2 Å². The van der Waals surface area contributed by atoms with Gasteiger partial charge < -0.3 is 14.7 Å². The van der Waals surface area contributed by atoms with Crippen molar-refractivity contribution in [2.45, 2.75) is 31.6 Å². The molecule has 1 amide bonds. The Bertz CT molecular complexity index is 870. The molecule has 1 fully saturated rings. The summed E-state index contributed by atoms with van der Waals surface area (Å²) in [5.74, 6) is -0.0512. The molecule has 2 heterocycles. The number of fused-ring (bicyclic) bond motifs is 1. The first-order valence-corrected chi connectivity index (χ1v) is 9.53. The van der Waals surface area contributed by atoms with E-state index in [4.69, 9.17) is 4.74 Å². The second-order valence-corrected chi connectivity index (χ2v) is 7.23. The number of ether oxygens (including phenoxy) is 1. The number of rotatable bonds is 3. The zero-order valence-electron chi connectivity index (χ0n) is 15.2. The van der Waals surface area contributed by atoms with Crippen molar-refractivity contribution in [3.8, 4) is 5.75 Å². The van der Waals surface area contributed by atoms with Crippen LogP contribution in [0.4, 0.5) is 0 Å². The van der Waals surface area contributed by atoms with E-state index in [1.54, 1.807) is 18.2 Å². The molecule has 0 aromatic heterocycles. The smallest absolute Gasteiger partial charge is 0.335 e. The summed E-state index contributed by atoms with van der Waals surface area (Å²) >= 11 is 0. The van der Waals surface area contributed by atoms with Crippen LogP contribution in [0.5, 0.6) is 5.75 Å². The van der Waals surface area contributed by atoms with Crippen molar-refractivity contribution in [1.29, 1.82) is 0 Å². The fourth-order valence-corrected chi connectivity index (χ4v) is 4.04. The number of aromatic carboxylic acids is 1. The Morgan fingerprint density at radius 2 is 1.81 bits per heavy atom. The zero-order valence-corrected chi connectivity index (χ0v) is 15.2. The average molecular weight is 365 g/mol. The molecule has 0 spiro atoms. The van der Waals surface area contributed by atoms with Gasteiger partial charge in [-0.25, -0.2) is 4.79 Å². The van der Waals surface area contributed by atoms with Gasteiger partial charge >= 0.3 is 5.97 Å². The van der Waals surface area contributed by atoms with Gasteiger partial charge in [-0.3, -0.25) is 4.79 Å². The minimum atomic E-state index is -0.924. The number of carboxylic acids is 1. The van der Waals surface area contributed by atoms with Crippen molar-refractivity contribution < 1.29 is 19.4 Å². The first-order valence-electron chi connectivity index (χ1n) is 9.53. The number of carbonyl (C=O) groups excluding carboxylic acids is 1. The molecule has 1 atom stereocenters. The lowest BCUT2D eigenvalue weighted by Gasteiger charge is -2.29. The average Bonchev–Trinajstić information content (AvgIpc) is 2.73. The number of nitrogens with zero attached hydrogens (tertiary/aromatic N) is 1. The summed E-state index contributed by atoms with van der Waals surface area (Å²) in [6, 6.07) is 12.8. The topological polar surface area (TPSA) is 66.8 Å². The van der Waals surface area contributed by atoms with E-state index in [-0.39, 0.29) is 17.4 Å². The first-order chi connectivity index (χ1) is 13.1. The van der Waals surface area contributed by atoms with Crippen molar-refractivity contribution >= 4 is 11.9 Å². The van der Waals surface area contributed by atoms with Crippen LogP contribution in [0.2, 0.25) is 0 Å². The Morgan fingerprint density at radius 1 is 1.00 bits per heavy atom. The SMILES string of the molecule is O=C(O)c1cccc(C2CCOc3cc(C(=O)N4CCCCC4)ccc32)c1. The normalized spacial score (nSPS) is 19.1. The van der Waals surface area contributed by atoms with Crippen molar-refractivity contribution in [3.05, 3.63) is 64.7 Å². The lowest BCUT2D eigenvalue weighted by Crippen LogP contribution is -2.35. The van der Waals surface area contributed by atoms with E-state index in [2.05, 4.69) is 0 Å². The van der Waals surface area contributed by atoms with Gasteiger partial charge in [0.15, 0.2) is 0 Å². The van der Waals surface area contributed by atoms with E-state index in [9.17, 15) is 14.7 Å². The number of carboxylic acid groups (broad SMARTS) is 1. The van der Waals surface area contributed by atoms with Gasteiger partial charge in [0, 0.05) is 30.1 Å². The Labute approximate surface area is 158 Å². The van der Waals surface area contributed by atoms with Crippen molar-refractivity contribution in [2.24, 2.45) is 0 Å². The lowest BCUT2D eigenvalue weighted by atomic mass is 9.85. The third kappa shape index (κ3) is 3.54. The molecule has 5 heteroatoms. The van der Waals surface area contributed by atoms with Crippen LogP contribution in [-0.2, 0) is 0 Å². The second-order valence-electron chi connectivity index (χ2n) is 7.23. The molecular formula is C22H23NO4. The van der Waals surface area contributed by atoms with Gasteiger partial charge in [-0.15, -0.1) is 0 Å². The number of carbonyl (C=O) groups is 2. The molecule has 5 nitrogen and oxygen atoms in total. The molecule has 2 aliphatic heterocycles. The van der Waals surface area contributed by atoms with Crippen LogP contribution in [-0.4, -0.2) is 41.6 Å². The Hall–Kier alpha value is -2.82. The molecule has 0 bridgehead atoms. The highest BCUT2D eigenvalue weighted by atomic mass is 16.5. The minimum absolute atomic E-state index is 0.0658. The summed E-state index contributed by atoms with van der Waals surface area (Å²) in [4.78, 5) is 26.0. The van der Waals surface area contributed by atoms with Crippen LogP contribution in [0.3, 0.4) is 0 Å². The Kier molecular flexibility index (Phi) is 4.84. The maximum absolute atomic E-state index is 12.8. The summed E-state index contributed by atoms with van der Waals surface area (Å²) in [6.07, 6.45) is 4.11. The standard InChI is InChI=1S/C22H23NO4/c24-21(23-10-2-1-3-11-23)16-7-8-19-18(9-12-27-20(19)14-16)15-5-4-6-17(13-15)22(25)26/h4-8,13-14,18H,1-3,9-12H2,(H,25,26).